The van der Waals surface area contributed by atoms with E-state index >= 15 is 0 Å². The molecule has 3 aliphatic rings. The van der Waals surface area contributed by atoms with Crippen LogP contribution in [0.15, 0.2) is 54.7 Å². The first-order valence-corrected chi connectivity index (χ1v) is 15.3. The minimum absolute atomic E-state index is 0.00272. The van der Waals surface area contributed by atoms with E-state index in [1.165, 1.54) is 0 Å². The maximum Gasteiger partial charge on any atom is 0.264 e. The zero-order valence-electron chi connectivity index (χ0n) is 25.1. The van der Waals surface area contributed by atoms with Crippen LogP contribution in [-0.2, 0) is 39.4 Å². The maximum atomic E-state index is 14.7. The predicted molar refractivity (Wildman–Crippen MR) is 161 cm³/mol. The number of aliphatic hydroxyl groups excluding tert-OH is 1. The number of aliphatic hydroxyl groups is 2. The summed E-state index contributed by atoms with van der Waals surface area (Å²) in [5, 5.41) is 29.1. The summed E-state index contributed by atoms with van der Waals surface area (Å²) in [5.74, 6) is -0.783. The molecule has 0 saturated carbocycles. The molecule has 2 N–H and O–H groups in total. The Labute approximate surface area is 252 Å². The number of carbonyl (C=O) groups excluding carboxylic acids is 2. The number of carbonyl (C=O) groups is 2. The molecule has 1 spiro atoms. The number of ether oxygens (including phenoxy) is 1. The third-order valence-corrected chi connectivity index (χ3v) is 9.38. The van der Waals surface area contributed by atoms with Crippen molar-refractivity contribution in [1.29, 1.82) is 0 Å². The Morgan fingerprint density at radius 3 is 2.63 bits per heavy atom. The van der Waals surface area contributed by atoms with Crippen LogP contribution in [0.3, 0.4) is 0 Å². The van der Waals surface area contributed by atoms with Crippen molar-refractivity contribution in [2.24, 2.45) is 11.8 Å². The first-order chi connectivity index (χ1) is 20.6. The Bertz CT molecular complexity index is 1480. The molecule has 3 aliphatic heterocycles. The second-order valence-corrected chi connectivity index (χ2v) is 12.7. The summed E-state index contributed by atoms with van der Waals surface area (Å²) < 4.78 is 8.68. The summed E-state index contributed by atoms with van der Waals surface area (Å²) in [6.07, 6.45) is 4.63. The van der Waals surface area contributed by atoms with Gasteiger partial charge in [-0.05, 0) is 56.9 Å². The molecule has 3 aromatic rings. The second kappa shape index (κ2) is 11.5. The highest BCUT2D eigenvalue weighted by molar-refractivity contribution is 6.08. The number of fused-ring (bicyclic) bond motifs is 2. The first kappa shape index (κ1) is 29.5. The molecule has 0 radical (unpaired) electrons. The molecule has 228 valence electrons. The van der Waals surface area contributed by atoms with Crippen LogP contribution in [-0.4, -0.2) is 61.9 Å². The van der Waals surface area contributed by atoms with Gasteiger partial charge in [0, 0.05) is 61.8 Å². The zero-order chi connectivity index (χ0) is 30.4. The van der Waals surface area contributed by atoms with Gasteiger partial charge in [-0.25, -0.2) is 0 Å². The van der Waals surface area contributed by atoms with E-state index in [1.807, 2.05) is 66.6 Å². The molecule has 1 aromatic heterocycles. The molecule has 10 nitrogen and oxygen atoms in total. The number of rotatable bonds is 9. The first-order valence-electron chi connectivity index (χ1n) is 15.3. The number of hydrogen-bond donors (Lipinski definition) is 2. The average molecular weight is 588 g/mol. The Morgan fingerprint density at radius 1 is 1.12 bits per heavy atom. The number of anilines is 2. The van der Waals surface area contributed by atoms with Crippen molar-refractivity contribution >= 4 is 23.2 Å². The van der Waals surface area contributed by atoms with Crippen molar-refractivity contribution in [3.63, 3.8) is 0 Å². The number of aromatic nitrogens is 3. The van der Waals surface area contributed by atoms with Crippen LogP contribution in [0.25, 0.3) is 0 Å². The number of hydrogen-bond acceptors (Lipinski definition) is 7. The molecule has 0 unspecified atom stereocenters. The minimum atomic E-state index is -1.32. The van der Waals surface area contributed by atoms with E-state index < -0.39 is 17.3 Å². The normalized spacial score (nSPS) is 25.7. The number of aryl methyl sites for hydroxylation is 1. The predicted octanol–water partition coefficient (Wildman–Crippen LogP) is 3.58. The fourth-order valence-electron chi connectivity index (χ4n) is 7.44. The third kappa shape index (κ3) is 5.25. The van der Waals surface area contributed by atoms with Gasteiger partial charge in [0.1, 0.15) is 0 Å². The van der Waals surface area contributed by atoms with Crippen molar-refractivity contribution in [2.75, 3.05) is 23.0 Å². The minimum Gasteiger partial charge on any atom is -0.396 e. The Morgan fingerprint density at radius 2 is 1.91 bits per heavy atom. The van der Waals surface area contributed by atoms with Gasteiger partial charge in [-0.15, -0.1) is 5.10 Å². The van der Waals surface area contributed by atoms with E-state index in [-0.39, 0.29) is 30.3 Å². The van der Waals surface area contributed by atoms with Gasteiger partial charge in [0.25, 0.3) is 5.91 Å². The van der Waals surface area contributed by atoms with Crippen molar-refractivity contribution in [3.8, 4) is 0 Å². The van der Waals surface area contributed by atoms with Crippen LogP contribution >= 0.6 is 0 Å². The Balaban J connectivity index is 1.40. The van der Waals surface area contributed by atoms with Crippen LogP contribution in [0.1, 0.15) is 63.3 Å². The van der Waals surface area contributed by atoms with Crippen molar-refractivity contribution < 1.29 is 24.5 Å². The van der Waals surface area contributed by atoms with Gasteiger partial charge in [0.2, 0.25) is 5.91 Å². The van der Waals surface area contributed by atoms with Gasteiger partial charge < -0.3 is 24.7 Å². The summed E-state index contributed by atoms with van der Waals surface area (Å²) in [6, 6.07) is 15.7. The average Bonchev–Trinajstić information content (AvgIpc) is 3.63. The number of piperidine rings is 1. The third-order valence-electron chi connectivity index (χ3n) is 9.38. The highest BCUT2D eigenvalue weighted by Crippen LogP contribution is 2.58. The standard InChI is InChI=1S/C33H41N5O5/c1-22-30(32(2,3)42)28(14-17-36-21-24(15-18-39)34-35-36)43-33(22)26-19-25(37-16-8-7-11-29(37)40)12-13-27(26)38(31(33)41)20-23-9-5-4-6-10-23/h4-6,9-10,12-13,19,21-22,28,30,39,42H,7-8,11,14-18,20H2,1-3H3/t22-,28+,30-,33+/m1/s1. The molecule has 43 heavy (non-hydrogen) atoms. The van der Waals surface area contributed by atoms with Crippen LogP contribution < -0.4 is 9.80 Å². The van der Waals surface area contributed by atoms with Gasteiger partial charge in [0.15, 0.2) is 5.60 Å². The number of benzene rings is 2. The molecular weight excluding hydrogens is 546 g/mol. The molecule has 4 heterocycles. The van der Waals surface area contributed by atoms with Crippen molar-refractivity contribution in [2.45, 2.75) is 83.3 Å². The van der Waals surface area contributed by atoms with Crippen molar-refractivity contribution in [1.82, 2.24) is 15.0 Å². The van der Waals surface area contributed by atoms with Gasteiger partial charge in [-0.2, -0.15) is 0 Å². The molecule has 0 bridgehead atoms. The second-order valence-electron chi connectivity index (χ2n) is 12.7. The smallest absolute Gasteiger partial charge is 0.264 e. The van der Waals surface area contributed by atoms with Gasteiger partial charge >= 0.3 is 0 Å². The SMILES string of the molecule is C[C@@H]1[C@@H](C(C)(C)O)[C@H](CCn2cc(CCO)nn2)O[C@@]12C(=O)N(Cc1ccccc1)c1ccc(N3CCCCC3=O)cc12. The number of nitrogens with zero attached hydrogens (tertiary/aromatic N) is 5. The molecule has 6 rings (SSSR count). The maximum absolute atomic E-state index is 14.7. The van der Waals surface area contributed by atoms with Gasteiger partial charge in [-0.3, -0.25) is 14.3 Å². The van der Waals surface area contributed by atoms with Gasteiger partial charge in [0.05, 0.1) is 29.6 Å². The van der Waals surface area contributed by atoms with E-state index in [1.54, 1.807) is 23.4 Å². The van der Waals surface area contributed by atoms with E-state index in [0.717, 1.165) is 35.3 Å². The summed E-state index contributed by atoms with van der Waals surface area (Å²) in [7, 11) is 0. The summed E-state index contributed by atoms with van der Waals surface area (Å²) in [4.78, 5) is 31.2. The quantitative estimate of drug-likeness (QED) is 0.393. The van der Waals surface area contributed by atoms with Crippen LogP contribution in [0.4, 0.5) is 11.4 Å². The van der Waals surface area contributed by atoms with Crippen LogP contribution in [0, 0.1) is 11.8 Å². The molecule has 2 aromatic carbocycles. The van der Waals surface area contributed by atoms with E-state index in [2.05, 4.69) is 10.3 Å². The molecule has 2 saturated heterocycles. The highest BCUT2D eigenvalue weighted by Gasteiger charge is 2.65. The Kier molecular flexibility index (Phi) is 7.87. The molecule has 2 amide bonds. The highest BCUT2D eigenvalue weighted by atomic mass is 16.5. The van der Waals surface area contributed by atoms with Gasteiger partial charge in [-0.1, -0.05) is 42.5 Å². The number of amides is 2. The lowest BCUT2D eigenvalue weighted by Crippen LogP contribution is -2.46. The summed E-state index contributed by atoms with van der Waals surface area (Å²) >= 11 is 0. The monoisotopic (exact) mass is 587 g/mol. The topological polar surface area (TPSA) is 121 Å². The molecule has 0 aliphatic carbocycles. The fraction of sp³-hybridized carbons (Fsp3) is 0.515. The molecule has 10 heteroatoms. The van der Waals surface area contributed by atoms with Crippen molar-refractivity contribution in [3.05, 3.63) is 71.5 Å². The lowest BCUT2D eigenvalue weighted by molar-refractivity contribution is -0.146. The van der Waals surface area contributed by atoms with Crippen LogP contribution in [0.5, 0.6) is 0 Å². The van der Waals surface area contributed by atoms with E-state index in [4.69, 9.17) is 4.74 Å². The lowest BCUT2D eigenvalue weighted by Gasteiger charge is -2.34. The summed E-state index contributed by atoms with van der Waals surface area (Å²) in [5.41, 5.74) is 1.55. The lowest BCUT2D eigenvalue weighted by atomic mass is 9.70. The largest absolute Gasteiger partial charge is 0.396 e. The van der Waals surface area contributed by atoms with E-state index in [9.17, 15) is 19.8 Å². The fourth-order valence-corrected chi connectivity index (χ4v) is 7.44. The summed E-state index contributed by atoms with van der Waals surface area (Å²) in [6.45, 7) is 7.08. The molecular formula is C33H41N5O5. The van der Waals surface area contributed by atoms with Crippen LogP contribution in [0.2, 0.25) is 0 Å². The van der Waals surface area contributed by atoms with E-state index in [0.29, 0.717) is 44.6 Å². The zero-order valence-corrected chi connectivity index (χ0v) is 25.1. The molecule has 2 fully saturated rings. The molecule has 4 atom stereocenters. The Hall–Kier alpha value is -3.60.